The number of sulfonamides is 1. The first-order valence-electron chi connectivity index (χ1n) is 13.3. The van der Waals surface area contributed by atoms with Crippen molar-refractivity contribution in [2.75, 3.05) is 24.7 Å². The van der Waals surface area contributed by atoms with E-state index in [2.05, 4.69) is 20.3 Å². The monoisotopic (exact) mass is 626 g/mol. The molecule has 2 saturated heterocycles. The Morgan fingerprint density at radius 2 is 1.74 bits per heavy atom. The normalized spacial score (nSPS) is 19.8. The van der Waals surface area contributed by atoms with Crippen LogP contribution in [-0.4, -0.2) is 75.9 Å². The van der Waals surface area contributed by atoms with Crippen LogP contribution in [0, 0.1) is 0 Å². The van der Waals surface area contributed by atoms with Crippen molar-refractivity contribution in [1.82, 2.24) is 23.8 Å². The molecule has 0 saturated carbocycles. The van der Waals surface area contributed by atoms with Crippen LogP contribution in [0.5, 0.6) is 0 Å². The van der Waals surface area contributed by atoms with Gasteiger partial charge in [-0.3, -0.25) is 0 Å². The third-order valence-electron chi connectivity index (χ3n) is 7.95. The maximum Gasteiger partial charge on any atom is 0.494 e. The lowest BCUT2D eigenvalue weighted by Crippen LogP contribution is -2.42. The number of alkyl halides is 3. The number of rotatable bonds is 6. The number of anilines is 1. The fourth-order valence-corrected chi connectivity index (χ4v) is 5.96. The second-order valence-corrected chi connectivity index (χ2v) is 13.9. The molecule has 2 aromatic heterocycles. The summed E-state index contributed by atoms with van der Waals surface area (Å²) in [6, 6.07) is 4.99. The number of piperidine rings is 1. The molecule has 0 aliphatic carbocycles. The Morgan fingerprint density at radius 3 is 2.31 bits per heavy atom. The van der Waals surface area contributed by atoms with Crippen LogP contribution in [0.15, 0.2) is 36.9 Å². The van der Waals surface area contributed by atoms with E-state index in [0.29, 0.717) is 42.1 Å². The molecule has 3 aromatic rings. The molecule has 0 amide bonds. The zero-order valence-electron chi connectivity index (χ0n) is 23.7. The molecular weight excluding hydrogens is 596 g/mol. The molecule has 2 aliphatic heterocycles. The number of imidazole rings is 1. The summed E-state index contributed by atoms with van der Waals surface area (Å²) >= 11 is 6.60. The number of halogens is 4. The Hall–Kier alpha value is -2.72. The molecule has 2 fully saturated rings. The second kappa shape index (κ2) is 10.8. The lowest BCUT2D eigenvalue weighted by atomic mass is 9.79. The van der Waals surface area contributed by atoms with Gasteiger partial charge < -0.3 is 19.2 Å². The molecule has 42 heavy (non-hydrogen) atoms. The smallest absolute Gasteiger partial charge is 0.399 e. The maximum absolute atomic E-state index is 13.9. The fourth-order valence-electron chi connectivity index (χ4n) is 4.80. The fraction of sp³-hybridized carbons (Fsp3) is 0.500. The summed E-state index contributed by atoms with van der Waals surface area (Å²) in [5.41, 5.74) is -1.31. The summed E-state index contributed by atoms with van der Waals surface area (Å²) in [7, 11) is -3.94. The Morgan fingerprint density at radius 1 is 1.10 bits per heavy atom. The molecule has 4 heterocycles. The highest BCUT2D eigenvalue weighted by Crippen LogP contribution is 2.38. The molecule has 0 bridgehead atoms. The van der Waals surface area contributed by atoms with Gasteiger partial charge >= 0.3 is 13.3 Å². The first-order chi connectivity index (χ1) is 19.4. The number of aromatic nitrogens is 4. The van der Waals surface area contributed by atoms with E-state index in [1.165, 1.54) is 21.4 Å². The molecule has 5 rings (SSSR count). The summed E-state index contributed by atoms with van der Waals surface area (Å²) in [4.78, 5) is 12.3. The van der Waals surface area contributed by atoms with Gasteiger partial charge in [0.25, 0.3) is 0 Å². The van der Waals surface area contributed by atoms with Crippen LogP contribution in [0.1, 0.15) is 46.1 Å². The van der Waals surface area contributed by atoms with Gasteiger partial charge in [-0.15, -0.1) is 0 Å². The van der Waals surface area contributed by atoms with Crippen LogP contribution in [-0.2, 0) is 25.5 Å². The van der Waals surface area contributed by atoms with E-state index in [9.17, 15) is 21.6 Å². The van der Waals surface area contributed by atoms with Crippen LogP contribution in [0.4, 0.5) is 19.1 Å². The third-order valence-corrected chi connectivity index (χ3v) is 9.56. The molecule has 1 aromatic carbocycles. The predicted molar refractivity (Wildman–Crippen MR) is 153 cm³/mol. The maximum atomic E-state index is 13.9. The highest BCUT2D eigenvalue weighted by Gasteiger charge is 2.51. The largest absolute Gasteiger partial charge is 0.494 e. The Balaban J connectivity index is 1.39. The number of nitrogens with zero attached hydrogens (tertiary/aromatic N) is 5. The Labute approximate surface area is 247 Å². The Bertz CT molecular complexity index is 1580. The standard InChI is InChI=1S/C26H31BClF3N6O4S/c1-24(2)25(3,4)41-27(40-24)16-6-7-21(19(28)12-16)36-14-20(33-15-36)22-18(26(29,30)31)13-32-23(35-22)34-17-8-10-37(11-9-17)42(5,38)39/h6-7,12-15,17H,8-11H2,1-5H3,(H,32,34,35). The summed E-state index contributed by atoms with van der Waals surface area (Å²) in [5.74, 6) is -0.00449. The van der Waals surface area contributed by atoms with Gasteiger partial charge in [-0.25, -0.2) is 27.7 Å². The van der Waals surface area contributed by atoms with E-state index in [-0.39, 0.29) is 17.7 Å². The van der Waals surface area contributed by atoms with Crippen LogP contribution >= 0.6 is 11.6 Å². The van der Waals surface area contributed by atoms with E-state index in [1.54, 1.807) is 18.2 Å². The van der Waals surface area contributed by atoms with Crippen LogP contribution in [0.2, 0.25) is 5.02 Å². The zero-order valence-corrected chi connectivity index (χ0v) is 25.3. The first kappa shape index (κ1) is 30.7. The molecule has 0 unspecified atom stereocenters. The summed E-state index contributed by atoms with van der Waals surface area (Å²) in [6.07, 6.45) is 0.848. The van der Waals surface area contributed by atoms with Crippen molar-refractivity contribution in [3.63, 3.8) is 0 Å². The van der Waals surface area contributed by atoms with Gasteiger partial charge in [0.1, 0.15) is 23.3 Å². The minimum absolute atomic E-state index is 0.00449. The first-order valence-corrected chi connectivity index (χ1v) is 15.5. The topological polar surface area (TPSA) is 111 Å². The molecule has 16 heteroatoms. The number of nitrogens with one attached hydrogen (secondary N) is 1. The quantitative estimate of drug-likeness (QED) is 0.407. The van der Waals surface area contributed by atoms with Crippen molar-refractivity contribution in [2.24, 2.45) is 0 Å². The molecule has 0 spiro atoms. The summed E-state index contributed by atoms with van der Waals surface area (Å²) in [5, 5.41) is 3.37. The molecule has 226 valence electrons. The Kier molecular flexibility index (Phi) is 7.88. The average molecular weight is 627 g/mol. The predicted octanol–water partition coefficient (Wildman–Crippen LogP) is 4.14. The van der Waals surface area contributed by atoms with Gasteiger partial charge in [0.2, 0.25) is 16.0 Å². The van der Waals surface area contributed by atoms with Crippen molar-refractivity contribution in [1.29, 1.82) is 0 Å². The van der Waals surface area contributed by atoms with Gasteiger partial charge in [-0.05, 0) is 58.1 Å². The van der Waals surface area contributed by atoms with E-state index >= 15 is 0 Å². The van der Waals surface area contributed by atoms with Crippen molar-refractivity contribution in [2.45, 2.75) is 64.0 Å². The minimum atomic E-state index is -4.72. The van der Waals surface area contributed by atoms with Crippen molar-refractivity contribution >= 4 is 40.2 Å². The van der Waals surface area contributed by atoms with Crippen molar-refractivity contribution < 1.29 is 30.9 Å². The van der Waals surface area contributed by atoms with E-state index in [0.717, 1.165) is 12.5 Å². The number of hydrogen-bond donors (Lipinski definition) is 1. The number of benzene rings is 1. The van der Waals surface area contributed by atoms with E-state index < -0.39 is 45.8 Å². The average Bonchev–Trinajstić information content (AvgIpc) is 3.45. The highest BCUT2D eigenvalue weighted by molar-refractivity contribution is 7.88. The second-order valence-electron chi connectivity index (χ2n) is 11.5. The lowest BCUT2D eigenvalue weighted by molar-refractivity contribution is -0.137. The van der Waals surface area contributed by atoms with Gasteiger partial charge in [0, 0.05) is 31.5 Å². The van der Waals surface area contributed by atoms with Gasteiger partial charge in [-0.1, -0.05) is 17.7 Å². The molecular formula is C26H31BClF3N6O4S. The molecule has 0 atom stereocenters. The minimum Gasteiger partial charge on any atom is -0.399 e. The summed E-state index contributed by atoms with van der Waals surface area (Å²) < 4.78 is 80.4. The van der Waals surface area contributed by atoms with Crippen LogP contribution in [0.25, 0.3) is 17.1 Å². The zero-order chi connectivity index (χ0) is 30.7. The third kappa shape index (κ3) is 6.16. The van der Waals surface area contributed by atoms with E-state index in [1.807, 2.05) is 27.7 Å². The van der Waals surface area contributed by atoms with Crippen LogP contribution in [0.3, 0.4) is 0 Å². The SMILES string of the molecule is CC1(C)OB(c2ccc(-n3cnc(-c4nc(NC5CCN(S(C)(=O)=O)CC5)ncc4C(F)(F)F)c3)c(Cl)c2)OC1(C)C. The van der Waals surface area contributed by atoms with Crippen molar-refractivity contribution in [3.8, 4) is 17.1 Å². The summed E-state index contributed by atoms with van der Waals surface area (Å²) in [6.45, 7) is 8.37. The van der Waals surface area contributed by atoms with E-state index in [4.69, 9.17) is 20.9 Å². The van der Waals surface area contributed by atoms with Crippen LogP contribution < -0.4 is 10.8 Å². The molecule has 1 N–H and O–H groups in total. The highest BCUT2D eigenvalue weighted by atomic mass is 35.5. The van der Waals surface area contributed by atoms with Crippen molar-refractivity contribution in [3.05, 3.63) is 47.5 Å². The van der Waals surface area contributed by atoms with Gasteiger partial charge in [-0.2, -0.15) is 13.2 Å². The lowest BCUT2D eigenvalue weighted by Gasteiger charge is -2.32. The van der Waals surface area contributed by atoms with Gasteiger partial charge in [0.15, 0.2) is 0 Å². The molecule has 0 radical (unpaired) electrons. The number of hydrogen-bond acceptors (Lipinski definition) is 8. The molecule has 2 aliphatic rings. The molecule has 10 nitrogen and oxygen atoms in total. The van der Waals surface area contributed by atoms with Gasteiger partial charge in [0.05, 0.1) is 28.2 Å².